The molecule has 3 heteroatoms. The molecule has 0 saturated heterocycles. The number of methoxy groups -OCH3 is 1. The fourth-order valence-electron chi connectivity index (χ4n) is 2.23. The Kier molecular flexibility index (Phi) is 4.97. The van der Waals surface area contributed by atoms with Crippen molar-refractivity contribution in [1.82, 2.24) is 0 Å². The van der Waals surface area contributed by atoms with Crippen molar-refractivity contribution >= 4 is 11.6 Å². The first kappa shape index (κ1) is 14.1. The Hall–Kier alpha value is -1.35. The molecule has 0 bridgehead atoms. The molecule has 2 unspecified atom stereocenters. The minimum atomic E-state index is -0.132. The molecule has 0 fully saturated rings. The first-order valence-corrected chi connectivity index (χ1v) is 6.67. The maximum absolute atomic E-state index is 6.28. The second kappa shape index (κ2) is 6.71. The lowest BCUT2D eigenvalue weighted by Crippen LogP contribution is -2.32. The first-order valence-electron chi connectivity index (χ1n) is 6.29. The monoisotopic (exact) mass is 275 g/mol. The quantitative estimate of drug-likeness (QED) is 0.905. The van der Waals surface area contributed by atoms with Gasteiger partial charge in [-0.2, -0.15) is 0 Å². The number of rotatable bonds is 5. The fourth-order valence-corrected chi connectivity index (χ4v) is 2.44. The summed E-state index contributed by atoms with van der Waals surface area (Å²) in [6.07, 6.45) is 0.560. The molecule has 2 aromatic carbocycles. The Morgan fingerprint density at radius 1 is 1.05 bits per heavy atom. The van der Waals surface area contributed by atoms with Gasteiger partial charge in [0, 0.05) is 18.2 Å². The molecule has 2 atom stereocenters. The van der Waals surface area contributed by atoms with Gasteiger partial charge in [-0.3, -0.25) is 0 Å². The predicted molar refractivity (Wildman–Crippen MR) is 79.3 cm³/mol. The van der Waals surface area contributed by atoms with Crippen molar-refractivity contribution in [3.63, 3.8) is 0 Å². The zero-order valence-electron chi connectivity index (χ0n) is 10.9. The topological polar surface area (TPSA) is 35.2 Å². The molecular weight excluding hydrogens is 258 g/mol. The lowest BCUT2D eigenvalue weighted by Gasteiger charge is -2.23. The highest BCUT2D eigenvalue weighted by molar-refractivity contribution is 6.31. The van der Waals surface area contributed by atoms with E-state index in [0.29, 0.717) is 6.42 Å². The van der Waals surface area contributed by atoms with E-state index in [9.17, 15) is 0 Å². The SMILES string of the molecule is COC(c1ccccc1)C(N)Cc1ccccc1Cl. The van der Waals surface area contributed by atoms with E-state index >= 15 is 0 Å². The lowest BCUT2D eigenvalue weighted by atomic mass is 9.97. The molecule has 0 heterocycles. The summed E-state index contributed by atoms with van der Waals surface area (Å²) in [6.45, 7) is 0. The number of benzene rings is 2. The Morgan fingerprint density at radius 3 is 2.32 bits per heavy atom. The van der Waals surface area contributed by atoms with E-state index < -0.39 is 0 Å². The summed E-state index contributed by atoms with van der Waals surface area (Å²) in [5.41, 5.74) is 8.42. The van der Waals surface area contributed by atoms with Crippen LogP contribution in [0, 0.1) is 0 Å². The molecule has 0 aromatic heterocycles. The molecule has 0 aliphatic carbocycles. The summed E-state index contributed by atoms with van der Waals surface area (Å²) in [4.78, 5) is 0. The van der Waals surface area contributed by atoms with E-state index in [2.05, 4.69) is 0 Å². The van der Waals surface area contributed by atoms with Crippen LogP contribution < -0.4 is 5.73 Å². The normalized spacial score (nSPS) is 14.1. The number of hydrogen-bond acceptors (Lipinski definition) is 2. The second-order valence-electron chi connectivity index (χ2n) is 4.53. The Balaban J connectivity index is 2.14. The van der Waals surface area contributed by atoms with Crippen molar-refractivity contribution in [1.29, 1.82) is 0 Å². The number of hydrogen-bond donors (Lipinski definition) is 1. The summed E-state index contributed by atoms with van der Waals surface area (Å²) in [7, 11) is 1.68. The van der Waals surface area contributed by atoms with Crippen molar-refractivity contribution in [2.24, 2.45) is 5.73 Å². The van der Waals surface area contributed by atoms with Gasteiger partial charge in [-0.25, -0.2) is 0 Å². The van der Waals surface area contributed by atoms with Crippen molar-refractivity contribution in [2.45, 2.75) is 18.6 Å². The van der Waals surface area contributed by atoms with E-state index in [1.165, 1.54) is 0 Å². The van der Waals surface area contributed by atoms with Crippen LogP contribution in [0.15, 0.2) is 54.6 Å². The van der Waals surface area contributed by atoms with E-state index in [4.69, 9.17) is 22.1 Å². The molecule has 0 aliphatic heterocycles. The lowest BCUT2D eigenvalue weighted by molar-refractivity contribution is 0.0803. The summed E-state index contributed by atoms with van der Waals surface area (Å²) in [5.74, 6) is 0. The summed E-state index contributed by atoms with van der Waals surface area (Å²) < 4.78 is 5.54. The average molecular weight is 276 g/mol. The van der Waals surface area contributed by atoms with E-state index in [-0.39, 0.29) is 12.1 Å². The third-order valence-corrected chi connectivity index (χ3v) is 3.55. The fraction of sp³-hybridized carbons (Fsp3) is 0.250. The molecule has 2 nitrogen and oxygen atoms in total. The Morgan fingerprint density at radius 2 is 1.68 bits per heavy atom. The standard InChI is InChI=1S/C16H18ClNO/c1-19-16(12-7-3-2-4-8-12)15(18)11-13-9-5-6-10-14(13)17/h2-10,15-16H,11,18H2,1H3. The zero-order chi connectivity index (χ0) is 13.7. The number of ether oxygens (including phenoxy) is 1. The number of halogens is 1. The van der Waals surface area contributed by atoms with Gasteiger partial charge in [-0.1, -0.05) is 60.1 Å². The van der Waals surface area contributed by atoms with Gasteiger partial charge in [0.2, 0.25) is 0 Å². The molecule has 2 aromatic rings. The van der Waals surface area contributed by atoms with Crippen LogP contribution in [-0.2, 0) is 11.2 Å². The summed E-state index contributed by atoms with van der Waals surface area (Å²) in [5, 5.41) is 0.751. The largest absolute Gasteiger partial charge is 0.375 e. The third-order valence-electron chi connectivity index (χ3n) is 3.18. The smallest absolute Gasteiger partial charge is 0.0975 e. The van der Waals surface area contributed by atoms with Gasteiger partial charge < -0.3 is 10.5 Å². The van der Waals surface area contributed by atoms with Crippen LogP contribution in [-0.4, -0.2) is 13.2 Å². The second-order valence-corrected chi connectivity index (χ2v) is 4.93. The van der Waals surface area contributed by atoms with E-state index in [1.54, 1.807) is 7.11 Å². The van der Waals surface area contributed by atoms with Crippen LogP contribution in [0.3, 0.4) is 0 Å². The van der Waals surface area contributed by atoms with Crippen LogP contribution in [0.25, 0.3) is 0 Å². The van der Waals surface area contributed by atoms with Crippen molar-refractivity contribution in [3.8, 4) is 0 Å². The van der Waals surface area contributed by atoms with Gasteiger partial charge in [0.05, 0.1) is 6.10 Å². The van der Waals surface area contributed by atoms with Crippen LogP contribution in [0.5, 0.6) is 0 Å². The van der Waals surface area contributed by atoms with Gasteiger partial charge in [-0.05, 0) is 23.6 Å². The van der Waals surface area contributed by atoms with Crippen molar-refractivity contribution in [3.05, 3.63) is 70.7 Å². The highest BCUT2D eigenvalue weighted by Crippen LogP contribution is 2.24. The van der Waals surface area contributed by atoms with Crippen molar-refractivity contribution in [2.75, 3.05) is 7.11 Å². The van der Waals surface area contributed by atoms with Gasteiger partial charge in [0.25, 0.3) is 0 Å². The minimum absolute atomic E-state index is 0.127. The van der Waals surface area contributed by atoms with E-state index in [0.717, 1.165) is 16.1 Å². The molecule has 19 heavy (non-hydrogen) atoms. The van der Waals surface area contributed by atoms with Gasteiger partial charge in [0.1, 0.15) is 0 Å². The highest BCUT2D eigenvalue weighted by atomic mass is 35.5. The Bertz CT molecular complexity index is 515. The van der Waals surface area contributed by atoms with Crippen LogP contribution >= 0.6 is 11.6 Å². The van der Waals surface area contributed by atoms with Crippen LogP contribution in [0.1, 0.15) is 17.2 Å². The van der Waals surface area contributed by atoms with Crippen molar-refractivity contribution < 1.29 is 4.74 Å². The molecule has 2 rings (SSSR count). The minimum Gasteiger partial charge on any atom is -0.375 e. The maximum Gasteiger partial charge on any atom is 0.0975 e. The first-order chi connectivity index (χ1) is 9.22. The molecule has 0 aliphatic rings. The molecule has 0 amide bonds. The molecule has 2 N–H and O–H groups in total. The summed E-state index contributed by atoms with van der Waals surface area (Å²) >= 11 is 6.17. The zero-order valence-corrected chi connectivity index (χ0v) is 11.7. The van der Waals surface area contributed by atoms with E-state index in [1.807, 2.05) is 54.6 Å². The van der Waals surface area contributed by atoms with Crippen LogP contribution in [0.4, 0.5) is 0 Å². The molecule has 0 saturated carbocycles. The third kappa shape index (κ3) is 3.57. The molecular formula is C16H18ClNO. The van der Waals surface area contributed by atoms with Gasteiger partial charge in [-0.15, -0.1) is 0 Å². The maximum atomic E-state index is 6.28. The summed E-state index contributed by atoms with van der Waals surface area (Å²) in [6, 6.07) is 17.7. The number of nitrogens with two attached hydrogens (primary N) is 1. The molecule has 0 spiro atoms. The predicted octanol–water partition coefficient (Wildman–Crippen LogP) is 3.60. The van der Waals surface area contributed by atoms with Crippen LogP contribution in [0.2, 0.25) is 5.02 Å². The molecule has 100 valence electrons. The van der Waals surface area contributed by atoms with Gasteiger partial charge in [0.15, 0.2) is 0 Å². The molecule has 0 radical (unpaired) electrons. The average Bonchev–Trinajstić information content (AvgIpc) is 2.43. The Labute approximate surface area is 119 Å². The van der Waals surface area contributed by atoms with Gasteiger partial charge >= 0.3 is 0 Å². The highest BCUT2D eigenvalue weighted by Gasteiger charge is 2.20.